The summed E-state index contributed by atoms with van der Waals surface area (Å²) >= 11 is 1.78. The number of likely N-dealkylation sites (N-methyl/N-ethyl adjacent to an activating group) is 1. The third kappa shape index (κ3) is 1.87. The fraction of sp³-hybridized carbons (Fsp3) is 0.312. The zero-order valence-corrected chi connectivity index (χ0v) is 13.7. The fourth-order valence-corrected chi connectivity index (χ4v) is 4.57. The van der Waals surface area contributed by atoms with Crippen molar-refractivity contribution in [2.45, 2.75) is 19.9 Å². The van der Waals surface area contributed by atoms with Crippen molar-refractivity contribution in [3.05, 3.63) is 34.7 Å². The average molecular weight is 325 g/mol. The van der Waals surface area contributed by atoms with Crippen LogP contribution < -0.4 is 0 Å². The number of rotatable bonds is 1. The number of fused-ring (bicyclic) bond motifs is 5. The van der Waals surface area contributed by atoms with Gasteiger partial charge in [-0.05, 0) is 38.1 Å². The maximum Gasteiger partial charge on any atom is 0.217 e. The minimum Gasteiger partial charge on any atom is -0.461 e. The lowest BCUT2D eigenvalue weighted by molar-refractivity contribution is 0.318. The van der Waals surface area contributed by atoms with Crippen molar-refractivity contribution in [1.82, 2.24) is 24.5 Å². The second-order valence-electron chi connectivity index (χ2n) is 5.98. The van der Waals surface area contributed by atoms with Crippen LogP contribution in [0.2, 0.25) is 0 Å². The third-order valence-corrected chi connectivity index (χ3v) is 5.48. The standard InChI is InChI=1S/C16H15N5OS/c1-9-17-16-13(10-5-6-20(2)8-12(10)23-16)15-18-14(19-21(9)15)11-4-3-7-22-11/h3-4,7H,5-6,8H2,1-2H3. The summed E-state index contributed by atoms with van der Waals surface area (Å²) in [5.41, 5.74) is 2.28. The monoisotopic (exact) mass is 325 g/mol. The first kappa shape index (κ1) is 13.2. The van der Waals surface area contributed by atoms with Gasteiger partial charge in [0.25, 0.3) is 0 Å². The molecular weight excluding hydrogens is 310 g/mol. The maximum atomic E-state index is 5.45. The molecule has 0 saturated carbocycles. The van der Waals surface area contributed by atoms with E-state index in [4.69, 9.17) is 14.4 Å². The van der Waals surface area contributed by atoms with E-state index in [0.29, 0.717) is 11.6 Å². The van der Waals surface area contributed by atoms with Crippen molar-refractivity contribution in [3.63, 3.8) is 0 Å². The van der Waals surface area contributed by atoms with Gasteiger partial charge in [-0.1, -0.05) is 0 Å². The van der Waals surface area contributed by atoms with Crippen LogP contribution in [0.5, 0.6) is 0 Å². The molecule has 1 aliphatic heterocycles. The van der Waals surface area contributed by atoms with Crippen LogP contribution in [-0.4, -0.2) is 38.1 Å². The first-order valence-corrected chi connectivity index (χ1v) is 8.42. The van der Waals surface area contributed by atoms with Crippen molar-refractivity contribution in [1.29, 1.82) is 0 Å². The number of furan rings is 1. The molecule has 4 aromatic heterocycles. The number of aromatic nitrogens is 4. The molecule has 0 saturated heterocycles. The minimum atomic E-state index is 0.611. The molecule has 0 aromatic carbocycles. The van der Waals surface area contributed by atoms with Gasteiger partial charge in [-0.15, -0.1) is 16.4 Å². The predicted octanol–water partition coefficient (Wildman–Crippen LogP) is 2.90. The Labute approximate surface area is 136 Å². The van der Waals surface area contributed by atoms with E-state index in [1.165, 1.54) is 10.4 Å². The van der Waals surface area contributed by atoms with E-state index < -0.39 is 0 Å². The topological polar surface area (TPSA) is 59.5 Å². The molecule has 0 radical (unpaired) electrons. The second-order valence-corrected chi connectivity index (χ2v) is 7.06. The summed E-state index contributed by atoms with van der Waals surface area (Å²) < 4.78 is 7.29. The number of aryl methyl sites for hydroxylation is 1. The molecule has 7 heteroatoms. The Hall–Kier alpha value is -2.25. The van der Waals surface area contributed by atoms with Crippen LogP contribution in [0.3, 0.4) is 0 Å². The molecule has 116 valence electrons. The summed E-state index contributed by atoms with van der Waals surface area (Å²) in [6, 6.07) is 3.73. The van der Waals surface area contributed by atoms with Crippen molar-refractivity contribution >= 4 is 27.2 Å². The van der Waals surface area contributed by atoms with E-state index in [1.807, 2.05) is 23.6 Å². The van der Waals surface area contributed by atoms with Gasteiger partial charge in [-0.2, -0.15) is 4.52 Å². The average Bonchev–Trinajstić information content (AvgIpc) is 3.23. The van der Waals surface area contributed by atoms with Crippen LogP contribution in [0, 0.1) is 6.92 Å². The van der Waals surface area contributed by atoms with Gasteiger partial charge in [0.2, 0.25) is 5.82 Å². The largest absolute Gasteiger partial charge is 0.461 e. The van der Waals surface area contributed by atoms with Crippen LogP contribution in [0.1, 0.15) is 16.3 Å². The Balaban J connectivity index is 1.84. The van der Waals surface area contributed by atoms with Gasteiger partial charge in [0, 0.05) is 18.0 Å². The smallest absolute Gasteiger partial charge is 0.217 e. The van der Waals surface area contributed by atoms with Gasteiger partial charge in [0.05, 0.1) is 11.6 Å². The van der Waals surface area contributed by atoms with Gasteiger partial charge < -0.3 is 9.32 Å². The van der Waals surface area contributed by atoms with Crippen molar-refractivity contribution < 1.29 is 4.42 Å². The SMILES string of the molecule is Cc1nc2sc3c(c2c2nc(-c4ccco4)nn12)CCN(C)C3. The molecule has 0 fully saturated rings. The van der Waals surface area contributed by atoms with E-state index in [0.717, 1.165) is 41.2 Å². The molecule has 0 amide bonds. The highest BCUT2D eigenvalue weighted by atomic mass is 32.1. The van der Waals surface area contributed by atoms with Gasteiger partial charge in [0.1, 0.15) is 10.7 Å². The van der Waals surface area contributed by atoms with E-state index in [9.17, 15) is 0 Å². The van der Waals surface area contributed by atoms with Crippen molar-refractivity contribution in [2.24, 2.45) is 0 Å². The van der Waals surface area contributed by atoms with Crippen LogP contribution in [-0.2, 0) is 13.0 Å². The second kappa shape index (κ2) is 4.62. The lowest BCUT2D eigenvalue weighted by Gasteiger charge is -2.21. The van der Waals surface area contributed by atoms with Gasteiger partial charge >= 0.3 is 0 Å². The predicted molar refractivity (Wildman–Crippen MR) is 88.6 cm³/mol. The number of hydrogen-bond donors (Lipinski definition) is 0. The Morgan fingerprint density at radius 2 is 2.22 bits per heavy atom. The molecule has 5 rings (SSSR count). The van der Waals surface area contributed by atoms with E-state index in [-0.39, 0.29) is 0 Å². The molecule has 1 aliphatic rings. The normalized spacial score (nSPS) is 15.6. The van der Waals surface area contributed by atoms with E-state index in [2.05, 4.69) is 17.0 Å². The van der Waals surface area contributed by atoms with Crippen LogP contribution in [0.4, 0.5) is 0 Å². The number of hydrogen-bond acceptors (Lipinski definition) is 6. The van der Waals surface area contributed by atoms with Gasteiger partial charge in [-0.3, -0.25) is 0 Å². The molecule has 4 aromatic rings. The Morgan fingerprint density at radius 1 is 1.30 bits per heavy atom. The van der Waals surface area contributed by atoms with Gasteiger partial charge in [-0.25, -0.2) is 9.97 Å². The quantitative estimate of drug-likeness (QED) is 0.538. The highest BCUT2D eigenvalue weighted by Crippen LogP contribution is 2.36. The molecule has 0 unspecified atom stereocenters. The Bertz CT molecular complexity index is 1030. The molecule has 0 spiro atoms. The van der Waals surface area contributed by atoms with Crippen LogP contribution in [0.25, 0.3) is 27.4 Å². The summed E-state index contributed by atoms with van der Waals surface area (Å²) in [4.78, 5) is 14.3. The van der Waals surface area contributed by atoms with Crippen LogP contribution in [0.15, 0.2) is 22.8 Å². The maximum absolute atomic E-state index is 5.45. The summed E-state index contributed by atoms with van der Waals surface area (Å²) in [5, 5.41) is 5.75. The minimum absolute atomic E-state index is 0.611. The fourth-order valence-electron chi connectivity index (χ4n) is 3.23. The molecule has 0 atom stereocenters. The molecule has 0 bridgehead atoms. The third-order valence-electron chi connectivity index (χ3n) is 4.37. The summed E-state index contributed by atoms with van der Waals surface area (Å²) in [6.45, 7) is 4.02. The molecule has 5 heterocycles. The van der Waals surface area contributed by atoms with Crippen molar-refractivity contribution in [3.8, 4) is 11.6 Å². The zero-order valence-electron chi connectivity index (χ0n) is 12.9. The first-order chi connectivity index (χ1) is 11.2. The summed E-state index contributed by atoms with van der Waals surface area (Å²) in [6.07, 6.45) is 2.68. The summed E-state index contributed by atoms with van der Waals surface area (Å²) in [5.74, 6) is 2.15. The first-order valence-electron chi connectivity index (χ1n) is 7.61. The molecule has 23 heavy (non-hydrogen) atoms. The Kier molecular flexibility index (Phi) is 2.66. The van der Waals surface area contributed by atoms with Crippen LogP contribution >= 0.6 is 11.3 Å². The lowest BCUT2D eigenvalue weighted by Crippen LogP contribution is -2.25. The van der Waals surface area contributed by atoms with Gasteiger partial charge in [0.15, 0.2) is 11.4 Å². The molecular formula is C16H15N5OS. The molecule has 6 nitrogen and oxygen atoms in total. The summed E-state index contributed by atoms with van der Waals surface area (Å²) in [7, 11) is 2.16. The van der Waals surface area contributed by atoms with E-state index in [1.54, 1.807) is 17.6 Å². The number of thiophene rings is 1. The van der Waals surface area contributed by atoms with E-state index >= 15 is 0 Å². The highest BCUT2D eigenvalue weighted by Gasteiger charge is 2.24. The Morgan fingerprint density at radius 3 is 3.04 bits per heavy atom. The number of nitrogens with zero attached hydrogens (tertiary/aromatic N) is 5. The van der Waals surface area contributed by atoms with Crippen molar-refractivity contribution in [2.75, 3.05) is 13.6 Å². The molecule has 0 N–H and O–H groups in total. The molecule has 0 aliphatic carbocycles. The lowest BCUT2D eigenvalue weighted by atomic mass is 10.1. The highest BCUT2D eigenvalue weighted by molar-refractivity contribution is 7.19. The zero-order chi connectivity index (χ0) is 15.6.